The lowest BCUT2D eigenvalue weighted by molar-refractivity contribution is -0.384. The lowest BCUT2D eigenvalue weighted by Gasteiger charge is -2.10. The molecule has 1 amide bonds. The Morgan fingerprint density at radius 1 is 0.966 bits per heavy atom. The number of hydrogen-bond donors (Lipinski definition) is 1. The van der Waals surface area contributed by atoms with E-state index in [0.717, 1.165) is 0 Å². The van der Waals surface area contributed by atoms with E-state index in [4.69, 9.17) is 9.47 Å². The van der Waals surface area contributed by atoms with Gasteiger partial charge in [0, 0.05) is 23.9 Å². The fraction of sp³-hybridized carbons (Fsp3) is 0.0952. The number of non-ortho nitro benzene ring substituents is 1. The van der Waals surface area contributed by atoms with Crippen molar-refractivity contribution in [2.45, 2.75) is 6.61 Å². The summed E-state index contributed by atoms with van der Waals surface area (Å²) >= 11 is 0. The molecule has 3 aromatic rings. The molecule has 0 saturated carbocycles. The first-order valence-corrected chi connectivity index (χ1v) is 8.64. The topological polar surface area (TPSA) is 90.7 Å². The molecule has 3 rings (SSSR count). The standard InChI is InChI=1S/C21H17FN2O5/c22-16-4-1-3-15(11-16)13-28-20-6-2-5-17(12-20)23-21(25)14-29-19-9-7-18(8-10-19)24(26)27/h1-12H,13-14H2,(H,23,25). The lowest BCUT2D eigenvalue weighted by atomic mass is 10.2. The molecule has 0 radical (unpaired) electrons. The molecule has 0 fully saturated rings. The van der Waals surface area contributed by atoms with Crippen LogP contribution < -0.4 is 14.8 Å². The average molecular weight is 396 g/mol. The summed E-state index contributed by atoms with van der Waals surface area (Å²) in [6.07, 6.45) is 0. The molecule has 8 heteroatoms. The molecule has 0 aliphatic carbocycles. The number of nitro groups is 1. The van der Waals surface area contributed by atoms with Crippen molar-refractivity contribution in [1.82, 2.24) is 0 Å². The summed E-state index contributed by atoms with van der Waals surface area (Å²) < 4.78 is 24.2. The molecule has 0 atom stereocenters. The van der Waals surface area contributed by atoms with E-state index in [2.05, 4.69) is 5.32 Å². The number of nitrogens with zero attached hydrogens (tertiary/aromatic N) is 1. The van der Waals surface area contributed by atoms with E-state index in [9.17, 15) is 19.3 Å². The summed E-state index contributed by atoms with van der Waals surface area (Å²) in [4.78, 5) is 22.2. The van der Waals surface area contributed by atoms with Crippen LogP contribution in [0, 0.1) is 15.9 Å². The zero-order valence-electron chi connectivity index (χ0n) is 15.2. The molecule has 29 heavy (non-hydrogen) atoms. The number of halogens is 1. The molecule has 1 N–H and O–H groups in total. The largest absolute Gasteiger partial charge is 0.489 e. The van der Waals surface area contributed by atoms with Crippen molar-refractivity contribution < 1.29 is 23.6 Å². The Hall–Kier alpha value is -3.94. The van der Waals surface area contributed by atoms with Gasteiger partial charge in [0.15, 0.2) is 6.61 Å². The molecule has 0 aliphatic heterocycles. The second kappa shape index (κ2) is 9.32. The summed E-state index contributed by atoms with van der Waals surface area (Å²) in [6, 6.07) is 18.3. The zero-order valence-corrected chi connectivity index (χ0v) is 15.2. The summed E-state index contributed by atoms with van der Waals surface area (Å²) in [7, 11) is 0. The molecule has 0 saturated heterocycles. The van der Waals surface area contributed by atoms with Gasteiger partial charge in [-0.15, -0.1) is 0 Å². The number of amides is 1. The predicted molar refractivity (Wildman–Crippen MR) is 104 cm³/mol. The van der Waals surface area contributed by atoms with Crippen molar-refractivity contribution in [3.05, 3.63) is 94.3 Å². The fourth-order valence-electron chi connectivity index (χ4n) is 2.47. The molecule has 0 spiro atoms. The number of ether oxygens (including phenoxy) is 2. The van der Waals surface area contributed by atoms with Crippen LogP contribution in [0.2, 0.25) is 0 Å². The SMILES string of the molecule is O=C(COc1ccc([N+](=O)[O-])cc1)Nc1cccc(OCc2cccc(F)c2)c1. The number of nitrogens with one attached hydrogen (secondary N) is 1. The van der Waals surface area contributed by atoms with Gasteiger partial charge in [0.25, 0.3) is 11.6 Å². The van der Waals surface area contributed by atoms with E-state index in [1.165, 1.54) is 36.4 Å². The first-order chi connectivity index (χ1) is 14.0. The maximum absolute atomic E-state index is 13.2. The van der Waals surface area contributed by atoms with Gasteiger partial charge >= 0.3 is 0 Å². The summed E-state index contributed by atoms with van der Waals surface area (Å²) in [5.74, 6) is 0.132. The van der Waals surface area contributed by atoms with Crippen LogP contribution in [-0.2, 0) is 11.4 Å². The molecular formula is C21H17FN2O5. The highest BCUT2D eigenvalue weighted by atomic mass is 19.1. The number of nitro benzene ring substituents is 1. The number of carbonyl (C=O) groups is 1. The lowest BCUT2D eigenvalue weighted by Crippen LogP contribution is -2.20. The number of rotatable bonds is 8. The van der Waals surface area contributed by atoms with E-state index in [-0.39, 0.29) is 24.7 Å². The first-order valence-electron chi connectivity index (χ1n) is 8.64. The number of hydrogen-bond acceptors (Lipinski definition) is 5. The van der Waals surface area contributed by atoms with Crippen LogP contribution >= 0.6 is 0 Å². The smallest absolute Gasteiger partial charge is 0.269 e. The van der Waals surface area contributed by atoms with Crippen LogP contribution in [0.25, 0.3) is 0 Å². The predicted octanol–water partition coefficient (Wildman–Crippen LogP) is 4.33. The van der Waals surface area contributed by atoms with E-state index in [1.54, 1.807) is 36.4 Å². The molecule has 148 valence electrons. The highest BCUT2D eigenvalue weighted by Gasteiger charge is 2.08. The molecular weight excluding hydrogens is 379 g/mol. The summed E-state index contributed by atoms with van der Waals surface area (Å²) in [5, 5.41) is 13.3. The van der Waals surface area contributed by atoms with Gasteiger partial charge in [0.05, 0.1) is 4.92 Å². The van der Waals surface area contributed by atoms with Gasteiger partial charge in [-0.1, -0.05) is 18.2 Å². The molecule has 0 heterocycles. The summed E-state index contributed by atoms with van der Waals surface area (Å²) in [6.45, 7) is -0.0649. The van der Waals surface area contributed by atoms with E-state index < -0.39 is 10.8 Å². The fourth-order valence-corrected chi connectivity index (χ4v) is 2.47. The Morgan fingerprint density at radius 3 is 2.45 bits per heavy atom. The van der Waals surface area contributed by atoms with Crippen LogP contribution in [0.4, 0.5) is 15.8 Å². The Labute approximate surface area is 165 Å². The Morgan fingerprint density at radius 2 is 1.72 bits per heavy atom. The van der Waals surface area contributed by atoms with Crippen molar-refractivity contribution in [2.75, 3.05) is 11.9 Å². The van der Waals surface area contributed by atoms with E-state index in [0.29, 0.717) is 22.7 Å². The van der Waals surface area contributed by atoms with Crippen molar-refractivity contribution in [2.24, 2.45) is 0 Å². The van der Waals surface area contributed by atoms with Crippen LogP contribution in [0.3, 0.4) is 0 Å². The molecule has 7 nitrogen and oxygen atoms in total. The molecule has 0 bridgehead atoms. The molecule has 0 unspecified atom stereocenters. The van der Waals surface area contributed by atoms with Crippen molar-refractivity contribution in [3.8, 4) is 11.5 Å². The first kappa shape index (κ1) is 19.8. The van der Waals surface area contributed by atoms with E-state index >= 15 is 0 Å². The third-order valence-corrected chi connectivity index (χ3v) is 3.83. The van der Waals surface area contributed by atoms with E-state index in [1.807, 2.05) is 0 Å². The molecule has 3 aromatic carbocycles. The number of anilines is 1. The van der Waals surface area contributed by atoms with Gasteiger partial charge in [-0.25, -0.2) is 4.39 Å². The quantitative estimate of drug-likeness (QED) is 0.452. The maximum atomic E-state index is 13.2. The minimum absolute atomic E-state index is 0.0585. The molecule has 0 aliphatic rings. The number of benzene rings is 3. The van der Waals surface area contributed by atoms with Crippen molar-refractivity contribution in [3.63, 3.8) is 0 Å². The Balaban J connectivity index is 1.51. The third kappa shape index (κ3) is 6.03. The van der Waals surface area contributed by atoms with Crippen LogP contribution in [0.1, 0.15) is 5.56 Å². The van der Waals surface area contributed by atoms with Gasteiger partial charge in [0.1, 0.15) is 23.9 Å². The number of carbonyl (C=O) groups excluding carboxylic acids is 1. The second-order valence-electron chi connectivity index (χ2n) is 6.03. The molecule has 0 aromatic heterocycles. The minimum Gasteiger partial charge on any atom is -0.489 e. The van der Waals surface area contributed by atoms with Crippen LogP contribution in [0.15, 0.2) is 72.8 Å². The van der Waals surface area contributed by atoms with Crippen LogP contribution in [0.5, 0.6) is 11.5 Å². The van der Waals surface area contributed by atoms with Crippen LogP contribution in [-0.4, -0.2) is 17.4 Å². The Kier molecular flexibility index (Phi) is 6.36. The summed E-state index contributed by atoms with van der Waals surface area (Å²) in [5.41, 5.74) is 1.15. The van der Waals surface area contributed by atoms with Gasteiger partial charge < -0.3 is 14.8 Å². The second-order valence-corrected chi connectivity index (χ2v) is 6.03. The minimum atomic E-state index is -0.514. The average Bonchev–Trinajstić information content (AvgIpc) is 2.71. The monoisotopic (exact) mass is 396 g/mol. The third-order valence-electron chi connectivity index (χ3n) is 3.83. The highest BCUT2D eigenvalue weighted by Crippen LogP contribution is 2.20. The van der Waals surface area contributed by atoms with Gasteiger partial charge in [-0.3, -0.25) is 14.9 Å². The van der Waals surface area contributed by atoms with Crippen molar-refractivity contribution in [1.29, 1.82) is 0 Å². The zero-order chi connectivity index (χ0) is 20.6. The van der Waals surface area contributed by atoms with Gasteiger partial charge in [-0.2, -0.15) is 0 Å². The van der Waals surface area contributed by atoms with Gasteiger partial charge in [-0.05, 0) is 42.0 Å². The maximum Gasteiger partial charge on any atom is 0.269 e. The van der Waals surface area contributed by atoms with Gasteiger partial charge in [0.2, 0.25) is 0 Å². The normalized spacial score (nSPS) is 10.2. The Bertz CT molecular complexity index is 1010. The van der Waals surface area contributed by atoms with Crippen molar-refractivity contribution >= 4 is 17.3 Å². The highest BCUT2D eigenvalue weighted by molar-refractivity contribution is 5.92.